The fraction of sp³-hybridized carbons (Fsp3) is 0.115. The zero-order chi connectivity index (χ0) is 20.1. The van der Waals surface area contributed by atoms with Gasteiger partial charge >= 0.3 is 5.97 Å². The number of esters is 1. The number of hydrogen-bond acceptors (Lipinski definition) is 3. The van der Waals surface area contributed by atoms with Crippen LogP contribution in [-0.4, -0.2) is 13.1 Å². The molecule has 0 saturated heterocycles. The summed E-state index contributed by atoms with van der Waals surface area (Å²) in [5.74, 6) is -0.184. The summed E-state index contributed by atoms with van der Waals surface area (Å²) in [6.07, 6.45) is 1.06. The van der Waals surface area contributed by atoms with E-state index in [1.165, 1.54) is 17.9 Å². The van der Waals surface area contributed by atoms with Gasteiger partial charge in [-0.2, -0.15) is 0 Å². The first-order valence-electron chi connectivity index (χ1n) is 9.75. The van der Waals surface area contributed by atoms with E-state index in [0.717, 1.165) is 22.6 Å². The summed E-state index contributed by atoms with van der Waals surface area (Å²) >= 11 is 0. The normalized spacial score (nSPS) is 10.7. The highest BCUT2D eigenvalue weighted by Crippen LogP contribution is 2.38. The first-order chi connectivity index (χ1) is 14.3. The minimum atomic E-state index is -0.184. The number of carbonyl (C=O) groups excluding carboxylic acids is 1. The van der Waals surface area contributed by atoms with Crippen LogP contribution in [0.5, 0.6) is 0 Å². The van der Waals surface area contributed by atoms with Crippen molar-refractivity contribution in [2.45, 2.75) is 12.8 Å². The van der Waals surface area contributed by atoms with E-state index in [4.69, 9.17) is 4.74 Å². The molecule has 4 aromatic rings. The van der Waals surface area contributed by atoms with Crippen molar-refractivity contribution in [2.75, 3.05) is 12.0 Å². The second-order valence-electron chi connectivity index (χ2n) is 6.91. The van der Waals surface area contributed by atoms with Gasteiger partial charge in [0, 0.05) is 23.2 Å². The Morgan fingerprint density at radius 2 is 1.41 bits per heavy atom. The third kappa shape index (κ3) is 4.14. The predicted molar refractivity (Wildman–Crippen MR) is 119 cm³/mol. The lowest BCUT2D eigenvalue weighted by molar-refractivity contribution is -0.140. The molecule has 0 aromatic heterocycles. The molecule has 0 amide bonds. The summed E-state index contributed by atoms with van der Waals surface area (Å²) in [4.78, 5) is 13.7. The van der Waals surface area contributed by atoms with Gasteiger partial charge in [0.25, 0.3) is 0 Å². The van der Waals surface area contributed by atoms with Gasteiger partial charge in [-0.25, -0.2) is 0 Å². The Morgan fingerprint density at radius 3 is 2.17 bits per heavy atom. The van der Waals surface area contributed by atoms with E-state index in [1.54, 1.807) is 0 Å². The molecule has 0 aliphatic heterocycles. The summed E-state index contributed by atoms with van der Waals surface area (Å²) in [6.45, 7) is 0. The molecule has 0 radical (unpaired) electrons. The molecule has 3 heteroatoms. The van der Waals surface area contributed by atoms with Gasteiger partial charge in [-0.05, 0) is 47.7 Å². The first-order valence-corrected chi connectivity index (χ1v) is 9.75. The number of aryl methyl sites for hydroxylation is 1. The number of ether oxygens (including phenoxy) is 1. The fourth-order valence-electron chi connectivity index (χ4n) is 3.57. The molecule has 144 valence electrons. The summed E-state index contributed by atoms with van der Waals surface area (Å²) in [5.41, 5.74) is 4.43. The smallest absolute Gasteiger partial charge is 0.305 e. The van der Waals surface area contributed by atoms with Gasteiger partial charge in [0.05, 0.1) is 12.8 Å². The van der Waals surface area contributed by atoms with E-state index in [0.29, 0.717) is 12.8 Å². The molecule has 4 aromatic carbocycles. The molecule has 0 bridgehead atoms. The van der Waals surface area contributed by atoms with Gasteiger partial charge in [-0.1, -0.05) is 66.7 Å². The quantitative estimate of drug-likeness (QED) is 0.361. The number of para-hydroxylation sites is 1. The van der Waals surface area contributed by atoms with Crippen molar-refractivity contribution in [3.63, 3.8) is 0 Å². The number of methoxy groups -OCH3 is 1. The van der Waals surface area contributed by atoms with Crippen LogP contribution in [0.25, 0.3) is 10.8 Å². The molecule has 0 unspecified atom stereocenters. The predicted octanol–water partition coefficient (Wildman–Crippen LogP) is 6.42. The molecule has 0 atom stereocenters. The average Bonchev–Trinajstić information content (AvgIpc) is 2.79. The number of carbonyl (C=O) groups is 1. The first kappa shape index (κ1) is 18.8. The number of benzene rings is 4. The average molecular weight is 381 g/mol. The molecular formula is C26H23NO2. The second-order valence-corrected chi connectivity index (χ2v) is 6.91. The van der Waals surface area contributed by atoms with Crippen LogP contribution >= 0.6 is 0 Å². The molecule has 0 saturated carbocycles. The summed E-state index contributed by atoms with van der Waals surface area (Å²) < 4.78 is 4.74. The third-order valence-corrected chi connectivity index (χ3v) is 5.06. The van der Waals surface area contributed by atoms with Crippen LogP contribution in [0, 0.1) is 0 Å². The van der Waals surface area contributed by atoms with Crippen molar-refractivity contribution in [1.82, 2.24) is 0 Å². The number of nitrogens with zero attached hydrogens (tertiary/aromatic N) is 1. The maximum Gasteiger partial charge on any atom is 0.305 e. The van der Waals surface area contributed by atoms with Crippen molar-refractivity contribution in [1.29, 1.82) is 0 Å². The molecule has 0 aliphatic carbocycles. The molecule has 0 aliphatic rings. The van der Waals surface area contributed by atoms with Crippen LogP contribution in [0.1, 0.15) is 12.0 Å². The molecule has 0 spiro atoms. The monoisotopic (exact) mass is 381 g/mol. The standard InChI is InChI=1S/C26H23NO2/c1-29-26(28)19-16-20-14-17-23(18-15-20)27(22-10-3-2-4-11-22)25-13-7-9-21-8-5-6-12-24(21)25/h2-15,17-18H,16,19H2,1H3. The zero-order valence-corrected chi connectivity index (χ0v) is 16.4. The number of hydrogen-bond donors (Lipinski definition) is 0. The summed E-state index contributed by atoms with van der Waals surface area (Å²) in [7, 11) is 1.42. The Balaban J connectivity index is 1.75. The van der Waals surface area contributed by atoms with Crippen molar-refractivity contribution in [3.05, 3.63) is 103 Å². The van der Waals surface area contributed by atoms with Crippen molar-refractivity contribution in [2.24, 2.45) is 0 Å². The van der Waals surface area contributed by atoms with Crippen molar-refractivity contribution >= 4 is 33.8 Å². The highest BCUT2D eigenvalue weighted by molar-refractivity contribution is 5.98. The minimum absolute atomic E-state index is 0.184. The molecule has 4 rings (SSSR count). The topological polar surface area (TPSA) is 29.5 Å². The van der Waals surface area contributed by atoms with E-state index < -0.39 is 0 Å². The Bertz CT molecular complexity index is 1100. The maximum absolute atomic E-state index is 11.4. The van der Waals surface area contributed by atoms with Gasteiger partial charge < -0.3 is 9.64 Å². The van der Waals surface area contributed by atoms with Crippen LogP contribution in [0.2, 0.25) is 0 Å². The van der Waals surface area contributed by atoms with Gasteiger partial charge in [0.15, 0.2) is 0 Å². The Labute approximate surface area is 171 Å². The van der Waals surface area contributed by atoms with Crippen LogP contribution in [0.4, 0.5) is 17.1 Å². The van der Waals surface area contributed by atoms with Gasteiger partial charge in [0.1, 0.15) is 0 Å². The molecule has 3 nitrogen and oxygen atoms in total. The SMILES string of the molecule is COC(=O)CCc1ccc(N(c2ccccc2)c2cccc3ccccc23)cc1. The fourth-order valence-corrected chi connectivity index (χ4v) is 3.57. The molecular weight excluding hydrogens is 358 g/mol. The van der Waals surface area contributed by atoms with E-state index in [9.17, 15) is 4.79 Å². The molecule has 0 N–H and O–H groups in total. The lowest BCUT2D eigenvalue weighted by atomic mass is 10.1. The maximum atomic E-state index is 11.4. The number of rotatable bonds is 6. The minimum Gasteiger partial charge on any atom is -0.469 e. The lowest BCUT2D eigenvalue weighted by Gasteiger charge is -2.27. The lowest BCUT2D eigenvalue weighted by Crippen LogP contribution is -2.10. The Hall–Kier alpha value is -3.59. The van der Waals surface area contributed by atoms with E-state index in [-0.39, 0.29) is 5.97 Å². The molecule has 29 heavy (non-hydrogen) atoms. The van der Waals surface area contributed by atoms with Crippen LogP contribution in [0.3, 0.4) is 0 Å². The highest BCUT2D eigenvalue weighted by Gasteiger charge is 2.14. The Morgan fingerprint density at radius 1 is 0.759 bits per heavy atom. The largest absolute Gasteiger partial charge is 0.469 e. The highest BCUT2D eigenvalue weighted by atomic mass is 16.5. The van der Waals surface area contributed by atoms with Gasteiger partial charge in [-0.3, -0.25) is 4.79 Å². The van der Waals surface area contributed by atoms with Crippen LogP contribution < -0.4 is 4.90 Å². The van der Waals surface area contributed by atoms with E-state index >= 15 is 0 Å². The van der Waals surface area contributed by atoms with E-state index in [2.05, 4.69) is 95.9 Å². The van der Waals surface area contributed by atoms with E-state index in [1.807, 2.05) is 6.07 Å². The summed E-state index contributed by atoms with van der Waals surface area (Å²) in [5, 5.41) is 2.41. The number of fused-ring (bicyclic) bond motifs is 1. The van der Waals surface area contributed by atoms with Crippen molar-refractivity contribution < 1.29 is 9.53 Å². The zero-order valence-electron chi connectivity index (χ0n) is 16.4. The molecule has 0 fully saturated rings. The second kappa shape index (κ2) is 8.61. The summed E-state index contributed by atoms with van der Waals surface area (Å²) in [6, 6.07) is 33.6. The van der Waals surface area contributed by atoms with Crippen molar-refractivity contribution in [3.8, 4) is 0 Å². The molecule has 0 heterocycles. The van der Waals surface area contributed by atoms with Gasteiger partial charge in [0.2, 0.25) is 0 Å². The Kier molecular flexibility index (Phi) is 5.57. The number of anilines is 3. The van der Waals surface area contributed by atoms with Gasteiger partial charge in [-0.15, -0.1) is 0 Å². The van der Waals surface area contributed by atoms with Crippen LogP contribution in [-0.2, 0) is 16.0 Å². The van der Waals surface area contributed by atoms with Crippen LogP contribution in [0.15, 0.2) is 97.1 Å². The third-order valence-electron chi connectivity index (χ3n) is 5.06.